The van der Waals surface area contributed by atoms with Gasteiger partial charge in [0.15, 0.2) is 5.75 Å². The molecular formula is C25H27Cl2N3O2. The lowest BCUT2D eigenvalue weighted by Gasteiger charge is -2.22. The minimum absolute atomic E-state index is 0.00446. The number of para-hydroxylation sites is 1. The van der Waals surface area contributed by atoms with E-state index in [0.29, 0.717) is 32.3 Å². The van der Waals surface area contributed by atoms with Gasteiger partial charge in [0.05, 0.1) is 33.3 Å². The van der Waals surface area contributed by atoms with Crippen LogP contribution in [0.15, 0.2) is 46.3 Å². The molecular weight excluding hydrogens is 445 g/mol. The second kappa shape index (κ2) is 10.1. The predicted octanol–water partition coefficient (Wildman–Crippen LogP) is 6.81. The summed E-state index contributed by atoms with van der Waals surface area (Å²) in [6.07, 6.45) is 7.98. The van der Waals surface area contributed by atoms with Crippen molar-refractivity contribution >= 4 is 40.3 Å². The number of benzene rings is 2. The normalized spacial score (nSPS) is 16.0. The van der Waals surface area contributed by atoms with E-state index < -0.39 is 0 Å². The van der Waals surface area contributed by atoms with Gasteiger partial charge in [-0.3, -0.25) is 4.79 Å². The highest BCUT2D eigenvalue weighted by Gasteiger charge is 2.22. The summed E-state index contributed by atoms with van der Waals surface area (Å²) in [6.45, 7) is 4.00. The van der Waals surface area contributed by atoms with Crippen molar-refractivity contribution in [2.75, 3.05) is 0 Å². The molecule has 1 atom stereocenters. The van der Waals surface area contributed by atoms with E-state index in [1.807, 2.05) is 32.0 Å². The molecule has 1 aliphatic rings. The third-order valence-electron chi connectivity index (χ3n) is 5.99. The molecule has 0 aliphatic heterocycles. The molecule has 0 spiro atoms. The third-order valence-corrected chi connectivity index (χ3v) is 6.55. The van der Waals surface area contributed by atoms with Gasteiger partial charge in [0.1, 0.15) is 5.82 Å². The van der Waals surface area contributed by atoms with Crippen LogP contribution in [0.2, 0.25) is 10.0 Å². The first-order valence-corrected chi connectivity index (χ1v) is 11.9. The topological polar surface area (TPSA) is 56.5 Å². The highest BCUT2D eigenvalue weighted by atomic mass is 35.5. The summed E-state index contributed by atoms with van der Waals surface area (Å²) in [5, 5.41) is 5.93. The minimum Gasteiger partial charge on any atom is -0.488 e. The highest BCUT2D eigenvalue weighted by Crippen LogP contribution is 2.35. The lowest BCUT2D eigenvalue weighted by Crippen LogP contribution is -2.25. The number of hydrogen-bond donors (Lipinski definition) is 0. The molecule has 3 aromatic rings. The molecule has 0 amide bonds. The van der Waals surface area contributed by atoms with Crippen LogP contribution in [0.4, 0.5) is 0 Å². The fraction of sp³-hybridized carbons (Fsp3) is 0.400. The Labute approximate surface area is 198 Å². The summed E-state index contributed by atoms with van der Waals surface area (Å²) in [6, 6.07) is 10.9. The zero-order valence-electron chi connectivity index (χ0n) is 18.4. The number of ether oxygens (including phenoxy) is 1. The van der Waals surface area contributed by atoms with E-state index in [-0.39, 0.29) is 17.6 Å². The molecule has 7 heteroatoms. The Morgan fingerprint density at radius 3 is 2.56 bits per heavy atom. The molecule has 0 N–H and O–H groups in total. The quantitative estimate of drug-likeness (QED) is 0.370. The van der Waals surface area contributed by atoms with Crippen LogP contribution in [-0.4, -0.2) is 22.0 Å². The minimum atomic E-state index is -0.165. The number of fused-ring (bicyclic) bond motifs is 1. The maximum Gasteiger partial charge on any atom is 0.282 e. The summed E-state index contributed by atoms with van der Waals surface area (Å²) in [4.78, 5) is 18.1. The maximum absolute atomic E-state index is 13.3. The van der Waals surface area contributed by atoms with Crippen LogP contribution in [0.1, 0.15) is 69.7 Å². The molecule has 32 heavy (non-hydrogen) atoms. The van der Waals surface area contributed by atoms with Gasteiger partial charge in [-0.25, -0.2) is 4.98 Å². The van der Waals surface area contributed by atoms with Crippen molar-refractivity contribution in [3.05, 3.63) is 68.2 Å². The molecule has 1 aliphatic carbocycles. The zero-order valence-corrected chi connectivity index (χ0v) is 19.9. The van der Waals surface area contributed by atoms with E-state index in [2.05, 4.69) is 5.10 Å². The van der Waals surface area contributed by atoms with Crippen molar-refractivity contribution in [1.82, 2.24) is 9.66 Å². The standard InChI is InChI=1S/C25H27Cl2N3O2/c1-3-16(2)32-23-20(26)13-17(14-21(23)27)15-28-30-24(18-9-5-4-6-10-18)29-22-12-8-7-11-19(22)25(30)31/h7-8,11-16,18H,3-6,9-10H2,1-2H3/t16-/m1/s1. The molecule has 1 saturated carbocycles. The van der Waals surface area contributed by atoms with Crippen molar-refractivity contribution in [3.8, 4) is 5.75 Å². The summed E-state index contributed by atoms with van der Waals surface area (Å²) in [5.74, 6) is 1.41. The van der Waals surface area contributed by atoms with Crippen LogP contribution in [0, 0.1) is 0 Å². The van der Waals surface area contributed by atoms with Crippen molar-refractivity contribution < 1.29 is 4.74 Å². The van der Waals surface area contributed by atoms with E-state index in [1.165, 1.54) is 11.1 Å². The Kier molecular flexibility index (Phi) is 7.17. The molecule has 1 fully saturated rings. The molecule has 5 nitrogen and oxygen atoms in total. The average molecular weight is 472 g/mol. The smallest absolute Gasteiger partial charge is 0.282 e. The number of rotatable bonds is 6. The summed E-state index contributed by atoms with van der Waals surface area (Å²) in [5.41, 5.74) is 1.23. The van der Waals surface area contributed by atoms with Crippen molar-refractivity contribution in [2.45, 2.75) is 64.4 Å². The molecule has 168 valence electrons. The second-order valence-electron chi connectivity index (χ2n) is 8.33. The molecule has 0 bridgehead atoms. The van der Waals surface area contributed by atoms with Gasteiger partial charge in [-0.2, -0.15) is 9.78 Å². The first kappa shape index (κ1) is 22.8. The lowest BCUT2D eigenvalue weighted by atomic mass is 9.88. The van der Waals surface area contributed by atoms with Crippen molar-refractivity contribution in [2.24, 2.45) is 5.10 Å². The maximum atomic E-state index is 13.3. The van der Waals surface area contributed by atoms with Crippen LogP contribution in [-0.2, 0) is 0 Å². The van der Waals surface area contributed by atoms with Gasteiger partial charge < -0.3 is 4.74 Å². The van der Waals surface area contributed by atoms with E-state index in [4.69, 9.17) is 32.9 Å². The SMILES string of the molecule is CC[C@@H](C)Oc1c(Cl)cc(C=Nn2c(C3CCCCC3)nc3ccccc3c2=O)cc1Cl. The highest BCUT2D eigenvalue weighted by molar-refractivity contribution is 6.37. The van der Waals surface area contributed by atoms with Crippen LogP contribution in [0.5, 0.6) is 5.75 Å². The molecule has 4 rings (SSSR count). The van der Waals surface area contributed by atoms with Gasteiger partial charge in [-0.15, -0.1) is 0 Å². The Balaban J connectivity index is 1.75. The van der Waals surface area contributed by atoms with Crippen LogP contribution >= 0.6 is 23.2 Å². The molecule has 0 radical (unpaired) electrons. The van der Waals surface area contributed by atoms with E-state index in [0.717, 1.165) is 37.9 Å². The Morgan fingerprint density at radius 1 is 1.19 bits per heavy atom. The van der Waals surface area contributed by atoms with Gasteiger partial charge in [0.25, 0.3) is 5.56 Å². The fourth-order valence-electron chi connectivity index (χ4n) is 4.05. The molecule has 1 aromatic heterocycles. The molecule has 2 aromatic carbocycles. The van der Waals surface area contributed by atoms with E-state index >= 15 is 0 Å². The van der Waals surface area contributed by atoms with Gasteiger partial charge >= 0.3 is 0 Å². The van der Waals surface area contributed by atoms with Gasteiger partial charge in [-0.05, 0) is 56.0 Å². The van der Waals surface area contributed by atoms with Crippen LogP contribution in [0.25, 0.3) is 10.9 Å². The molecule has 0 saturated heterocycles. The zero-order chi connectivity index (χ0) is 22.7. The number of hydrogen-bond acceptors (Lipinski definition) is 4. The largest absolute Gasteiger partial charge is 0.488 e. The monoisotopic (exact) mass is 471 g/mol. The number of aromatic nitrogens is 2. The fourth-order valence-corrected chi connectivity index (χ4v) is 4.65. The molecule has 1 heterocycles. The predicted molar refractivity (Wildman–Crippen MR) is 132 cm³/mol. The first-order chi connectivity index (χ1) is 15.5. The van der Waals surface area contributed by atoms with Crippen LogP contribution < -0.4 is 10.3 Å². The van der Waals surface area contributed by atoms with Crippen LogP contribution in [0.3, 0.4) is 0 Å². The van der Waals surface area contributed by atoms with Gasteiger partial charge in [-0.1, -0.05) is 61.5 Å². The Bertz CT molecular complexity index is 1180. The van der Waals surface area contributed by atoms with Gasteiger partial charge in [0.2, 0.25) is 0 Å². The Morgan fingerprint density at radius 2 is 1.88 bits per heavy atom. The number of halogens is 2. The van der Waals surface area contributed by atoms with E-state index in [9.17, 15) is 4.79 Å². The molecule has 0 unspecified atom stereocenters. The van der Waals surface area contributed by atoms with E-state index in [1.54, 1.807) is 24.4 Å². The Hall–Kier alpha value is -2.37. The third kappa shape index (κ3) is 4.84. The van der Waals surface area contributed by atoms with Gasteiger partial charge in [0, 0.05) is 5.92 Å². The summed E-state index contributed by atoms with van der Waals surface area (Å²) >= 11 is 12.9. The van der Waals surface area contributed by atoms with Crippen molar-refractivity contribution in [1.29, 1.82) is 0 Å². The second-order valence-corrected chi connectivity index (χ2v) is 9.15. The number of nitrogens with zero attached hydrogens (tertiary/aromatic N) is 3. The average Bonchev–Trinajstić information content (AvgIpc) is 2.81. The first-order valence-electron chi connectivity index (χ1n) is 11.2. The summed E-state index contributed by atoms with van der Waals surface area (Å²) in [7, 11) is 0. The summed E-state index contributed by atoms with van der Waals surface area (Å²) < 4.78 is 7.28. The van der Waals surface area contributed by atoms with Crippen molar-refractivity contribution in [3.63, 3.8) is 0 Å². The lowest BCUT2D eigenvalue weighted by molar-refractivity contribution is 0.218.